The van der Waals surface area contributed by atoms with Crippen LogP contribution in [-0.4, -0.2) is 4.57 Å². The first-order valence-electron chi connectivity index (χ1n) is 4.67. The summed E-state index contributed by atoms with van der Waals surface area (Å²) in [5.74, 6) is -0.0406. The molecule has 1 heterocycles. The Balaban J connectivity index is 2.73. The van der Waals surface area contributed by atoms with Crippen LogP contribution < -0.4 is 0 Å². The van der Waals surface area contributed by atoms with E-state index in [-0.39, 0.29) is 5.92 Å². The zero-order valence-electron chi connectivity index (χ0n) is 8.36. The van der Waals surface area contributed by atoms with Crippen molar-refractivity contribution >= 4 is 10.9 Å². The van der Waals surface area contributed by atoms with E-state index >= 15 is 0 Å². The zero-order chi connectivity index (χ0) is 10.1. The molecule has 0 saturated heterocycles. The molecule has 0 radical (unpaired) electrons. The number of rotatable bonds is 1. The van der Waals surface area contributed by atoms with Crippen LogP contribution in [0.3, 0.4) is 0 Å². The number of aromatic nitrogens is 1. The standard InChI is InChI=1S/C12H12N2/c1-9(8-13)10-4-3-5-12-11(10)6-7-14(12)2/h3-7,9H,1-2H3. The lowest BCUT2D eigenvalue weighted by Crippen LogP contribution is -1.91. The third-order valence-electron chi connectivity index (χ3n) is 2.62. The monoisotopic (exact) mass is 184 g/mol. The van der Waals surface area contributed by atoms with Crippen molar-refractivity contribution in [2.45, 2.75) is 12.8 Å². The Hall–Kier alpha value is -1.75. The highest BCUT2D eigenvalue weighted by Crippen LogP contribution is 2.25. The van der Waals surface area contributed by atoms with E-state index in [1.165, 1.54) is 10.9 Å². The van der Waals surface area contributed by atoms with Gasteiger partial charge in [0.15, 0.2) is 0 Å². The minimum absolute atomic E-state index is 0.0406. The minimum Gasteiger partial charge on any atom is -0.351 e. The lowest BCUT2D eigenvalue weighted by Gasteiger charge is -2.05. The van der Waals surface area contributed by atoms with E-state index in [0.717, 1.165) is 5.56 Å². The molecule has 2 aromatic rings. The molecule has 0 aliphatic carbocycles. The molecule has 1 aromatic heterocycles. The van der Waals surface area contributed by atoms with E-state index in [0.29, 0.717) is 0 Å². The molecule has 0 aliphatic heterocycles. The zero-order valence-corrected chi connectivity index (χ0v) is 8.36. The number of nitriles is 1. The van der Waals surface area contributed by atoms with Gasteiger partial charge in [-0.1, -0.05) is 12.1 Å². The second kappa shape index (κ2) is 3.19. The molecule has 1 atom stereocenters. The van der Waals surface area contributed by atoms with Crippen LogP contribution in [-0.2, 0) is 7.05 Å². The fourth-order valence-corrected chi connectivity index (χ4v) is 1.77. The van der Waals surface area contributed by atoms with Crippen molar-refractivity contribution in [1.29, 1.82) is 5.26 Å². The van der Waals surface area contributed by atoms with Gasteiger partial charge in [-0.3, -0.25) is 0 Å². The van der Waals surface area contributed by atoms with Crippen molar-refractivity contribution in [1.82, 2.24) is 4.57 Å². The molecular formula is C12H12N2. The summed E-state index contributed by atoms with van der Waals surface area (Å²) in [6.45, 7) is 1.93. The molecule has 0 bridgehead atoms. The summed E-state index contributed by atoms with van der Waals surface area (Å²) in [6.07, 6.45) is 2.03. The summed E-state index contributed by atoms with van der Waals surface area (Å²) in [5, 5.41) is 10.1. The number of hydrogen-bond donors (Lipinski definition) is 0. The molecule has 0 N–H and O–H groups in total. The predicted octanol–water partition coefficient (Wildman–Crippen LogP) is 2.81. The SMILES string of the molecule is CC(C#N)c1cccc2c1ccn2C. The summed E-state index contributed by atoms with van der Waals surface area (Å²) < 4.78 is 2.07. The summed E-state index contributed by atoms with van der Waals surface area (Å²) in [4.78, 5) is 0. The molecular weight excluding hydrogens is 172 g/mol. The first-order chi connectivity index (χ1) is 6.74. The fraction of sp³-hybridized carbons (Fsp3) is 0.250. The van der Waals surface area contributed by atoms with Crippen LogP contribution in [0.15, 0.2) is 30.5 Å². The average Bonchev–Trinajstić information content (AvgIpc) is 2.59. The van der Waals surface area contributed by atoms with Gasteiger partial charge in [0.1, 0.15) is 0 Å². The van der Waals surface area contributed by atoms with Crippen LogP contribution in [0.1, 0.15) is 18.4 Å². The molecule has 0 fully saturated rings. The van der Waals surface area contributed by atoms with Gasteiger partial charge in [0.05, 0.1) is 12.0 Å². The first kappa shape index (κ1) is 8.83. The minimum atomic E-state index is -0.0406. The maximum Gasteiger partial charge on any atom is 0.0701 e. The third-order valence-corrected chi connectivity index (χ3v) is 2.62. The van der Waals surface area contributed by atoms with Crippen molar-refractivity contribution in [3.05, 3.63) is 36.0 Å². The van der Waals surface area contributed by atoms with Gasteiger partial charge in [0.25, 0.3) is 0 Å². The van der Waals surface area contributed by atoms with E-state index in [2.05, 4.69) is 22.8 Å². The molecule has 0 saturated carbocycles. The Kier molecular flexibility index (Phi) is 2.01. The fourth-order valence-electron chi connectivity index (χ4n) is 1.77. The van der Waals surface area contributed by atoms with Gasteiger partial charge < -0.3 is 4.57 Å². The van der Waals surface area contributed by atoms with E-state index in [1.54, 1.807) is 0 Å². The number of aryl methyl sites for hydroxylation is 1. The van der Waals surface area contributed by atoms with Crippen LogP contribution in [0, 0.1) is 11.3 Å². The molecule has 1 aromatic carbocycles. The summed E-state index contributed by atoms with van der Waals surface area (Å²) in [5.41, 5.74) is 2.30. The number of benzene rings is 1. The molecule has 2 nitrogen and oxygen atoms in total. The van der Waals surface area contributed by atoms with E-state index in [4.69, 9.17) is 5.26 Å². The average molecular weight is 184 g/mol. The number of hydrogen-bond acceptors (Lipinski definition) is 1. The molecule has 14 heavy (non-hydrogen) atoms. The van der Waals surface area contributed by atoms with Gasteiger partial charge in [0, 0.05) is 24.1 Å². The summed E-state index contributed by atoms with van der Waals surface area (Å²) in [7, 11) is 2.02. The second-order valence-electron chi connectivity index (χ2n) is 3.56. The Bertz CT molecular complexity index is 503. The smallest absolute Gasteiger partial charge is 0.0701 e. The van der Waals surface area contributed by atoms with Crippen LogP contribution >= 0.6 is 0 Å². The van der Waals surface area contributed by atoms with Crippen molar-refractivity contribution < 1.29 is 0 Å². The maximum absolute atomic E-state index is 8.90. The highest BCUT2D eigenvalue weighted by molar-refractivity contribution is 5.84. The second-order valence-corrected chi connectivity index (χ2v) is 3.56. The normalized spacial score (nSPS) is 12.6. The first-order valence-corrected chi connectivity index (χ1v) is 4.67. The van der Waals surface area contributed by atoms with Gasteiger partial charge in [0.2, 0.25) is 0 Å². The van der Waals surface area contributed by atoms with Gasteiger partial charge >= 0.3 is 0 Å². The van der Waals surface area contributed by atoms with Gasteiger partial charge in [-0.25, -0.2) is 0 Å². The lowest BCUT2D eigenvalue weighted by atomic mass is 9.99. The Morgan fingerprint density at radius 2 is 2.14 bits per heavy atom. The molecule has 2 rings (SSSR count). The van der Waals surface area contributed by atoms with E-state index in [9.17, 15) is 0 Å². The highest BCUT2D eigenvalue weighted by Gasteiger charge is 2.09. The quantitative estimate of drug-likeness (QED) is 0.670. The number of fused-ring (bicyclic) bond motifs is 1. The molecule has 1 unspecified atom stereocenters. The summed E-state index contributed by atoms with van der Waals surface area (Å²) >= 11 is 0. The van der Waals surface area contributed by atoms with Crippen LogP contribution in [0.2, 0.25) is 0 Å². The molecule has 70 valence electrons. The number of nitrogens with zero attached hydrogens (tertiary/aromatic N) is 2. The van der Waals surface area contributed by atoms with E-state index in [1.807, 2.05) is 32.3 Å². The topological polar surface area (TPSA) is 28.7 Å². The van der Waals surface area contributed by atoms with Gasteiger partial charge in [-0.15, -0.1) is 0 Å². The van der Waals surface area contributed by atoms with Gasteiger partial charge in [-0.2, -0.15) is 5.26 Å². The van der Waals surface area contributed by atoms with Crippen molar-refractivity contribution in [2.75, 3.05) is 0 Å². The lowest BCUT2D eigenvalue weighted by molar-refractivity contribution is 0.965. The van der Waals surface area contributed by atoms with Crippen LogP contribution in [0.4, 0.5) is 0 Å². The maximum atomic E-state index is 8.90. The summed E-state index contributed by atoms with van der Waals surface area (Å²) in [6, 6.07) is 10.4. The highest BCUT2D eigenvalue weighted by atomic mass is 14.9. The molecule has 0 spiro atoms. The van der Waals surface area contributed by atoms with Crippen molar-refractivity contribution in [3.8, 4) is 6.07 Å². The Morgan fingerprint density at radius 3 is 2.86 bits per heavy atom. The third kappa shape index (κ3) is 1.18. The Labute approximate surface area is 83.4 Å². The van der Waals surface area contributed by atoms with Gasteiger partial charge in [-0.05, 0) is 24.6 Å². The largest absolute Gasteiger partial charge is 0.351 e. The van der Waals surface area contributed by atoms with E-state index < -0.39 is 0 Å². The van der Waals surface area contributed by atoms with Crippen LogP contribution in [0.25, 0.3) is 10.9 Å². The molecule has 0 aliphatic rings. The predicted molar refractivity (Wildman–Crippen MR) is 56.9 cm³/mol. The van der Waals surface area contributed by atoms with Crippen LogP contribution in [0.5, 0.6) is 0 Å². The van der Waals surface area contributed by atoms with Crippen molar-refractivity contribution in [3.63, 3.8) is 0 Å². The van der Waals surface area contributed by atoms with Crippen molar-refractivity contribution in [2.24, 2.45) is 7.05 Å². The molecule has 2 heteroatoms. The molecule has 0 amide bonds. The Morgan fingerprint density at radius 1 is 1.36 bits per heavy atom.